The third-order valence-electron chi connectivity index (χ3n) is 4.38. The van der Waals surface area contributed by atoms with Crippen molar-refractivity contribution in [2.24, 2.45) is 0 Å². The molecule has 1 amide bonds. The van der Waals surface area contributed by atoms with Crippen molar-refractivity contribution in [1.29, 1.82) is 0 Å². The minimum atomic E-state index is -0.0284. The van der Waals surface area contributed by atoms with E-state index >= 15 is 0 Å². The van der Waals surface area contributed by atoms with Gasteiger partial charge in [0.15, 0.2) is 0 Å². The molecule has 4 aromatic rings. The Labute approximate surface area is 161 Å². The Morgan fingerprint density at radius 2 is 1.96 bits per heavy atom. The van der Waals surface area contributed by atoms with Gasteiger partial charge in [-0.3, -0.25) is 4.79 Å². The van der Waals surface area contributed by atoms with Crippen molar-refractivity contribution in [3.8, 4) is 11.3 Å². The summed E-state index contributed by atoms with van der Waals surface area (Å²) in [5.74, 6) is 0.708. The first-order valence-corrected chi connectivity index (χ1v) is 9.09. The smallest absolute Gasteiger partial charge is 0.220 e. The fourth-order valence-electron chi connectivity index (χ4n) is 3.04. The number of furan rings is 1. The predicted octanol–water partition coefficient (Wildman–Crippen LogP) is 4.50. The van der Waals surface area contributed by atoms with Crippen molar-refractivity contribution < 1.29 is 9.21 Å². The monoisotopic (exact) mass is 379 g/mol. The largest absolute Gasteiger partial charge is 0.467 e. The van der Waals surface area contributed by atoms with Crippen LogP contribution in [0.25, 0.3) is 16.9 Å². The van der Waals surface area contributed by atoms with Crippen LogP contribution in [0, 0.1) is 0 Å². The highest BCUT2D eigenvalue weighted by molar-refractivity contribution is 6.30. The molecule has 5 nitrogen and oxygen atoms in total. The normalized spacial score (nSPS) is 11.0. The molecule has 27 heavy (non-hydrogen) atoms. The number of aryl methyl sites for hydroxylation is 1. The maximum absolute atomic E-state index is 12.3. The second-order valence-corrected chi connectivity index (χ2v) is 6.64. The number of nitrogens with one attached hydrogen (secondary N) is 1. The number of carbonyl (C=O) groups excluding carboxylic acids is 1. The van der Waals surface area contributed by atoms with E-state index in [1.165, 1.54) is 0 Å². The molecule has 0 bridgehead atoms. The van der Waals surface area contributed by atoms with E-state index in [9.17, 15) is 4.79 Å². The molecular formula is C21H18ClN3O2. The van der Waals surface area contributed by atoms with Crippen LogP contribution in [-0.4, -0.2) is 15.3 Å². The predicted molar refractivity (Wildman–Crippen MR) is 105 cm³/mol. The summed E-state index contributed by atoms with van der Waals surface area (Å²) in [6.07, 6.45) is 4.51. The third kappa shape index (κ3) is 3.88. The van der Waals surface area contributed by atoms with Gasteiger partial charge in [-0.1, -0.05) is 29.8 Å². The van der Waals surface area contributed by atoms with Crippen LogP contribution in [0.2, 0.25) is 5.02 Å². The van der Waals surface area contributed by atoms with Crippen molar-refractivity contribution in [3.05, 3.63) is 83.5 Å². The summed E-state index contributed by atoms with van der Waals surface area (Å²) >= 11 is 6.01. The molecule has 1 aromatic carbocycles. The number of imidazole rings is 1. The minimum Gasteiger partial charge on any atom is -0.467 e. The average Bonchev–Trinajstić information content (AvgIpc) is 3.33. The molecule has 0 saturated heterocycles. The molecule has 4 rings (SSSR count). The van der Waals surface area contributed by atoms with Crippen LogP contribution in [0.1, 0.15) is 17.9 Å². The topological polar surface area (TPSA) is 59.5 Å². The number of nitrogens with zero attached hydrogens (tertiary/aromatic N) is 2. The number of aromatic nitrogens is 2. The molecular weight excluding hydrogens is 362 g/mol. The lowest BCUT2D eigenvalue weighted by molar-refractivity contribution is -0.121. The second kappa shape index (κ2) is 7.68. The molecule has 0 aliphatic rings. The van der Waals surface area contributed by atoms with Crippen LogP contribution in [-0.2, 0) is 17.8 Å². The van der Waals surface area contributed by atoms with E-state index in [4.69, 9.17) is 21.0 Å². The third-order valence-corrected chi connectivity index (χ3v) is 4.63. The van der Waals surface area contributed by atoms with Gasteiger partial charge in [-0.15, -0.1) is 0 Å². The fourth-order valence-corrected chi connectivity index (χ4v) is 3.17. The minimum absolute atomic E-state index is 0.0284. The zero-order valence-corrected chi connectivity index (χ0v) is 15.3. The number of amides is 1. The molecule has 0 saturated carbocycles. The van der Waals surface area contributed by atoms with Gasteiger partial charge in [0.25, 0.3) is 0 Å². The second-order valence-electron chi connectivity index (χ2n) is 6.20. The number of benzene rings is 1. The molecule has 0 fully saturated rings. The Morgan fingerprint density at radius 3 is 2.74 bits per heavy atom. The van der Waals surface area contributed by atoms with E-state index in [0.29, 0.717) is 24.4 Å². The van der Waals surface area contributed by atoms with Gasteiger partial charge in [0.2, 0.25) is 5.91 Å². The summed E-state index contributed by atoms with van der Waals surface area (Å²) in [4.78, 5) is 17.0. The summed E-state index contributed by atoms with van der Waals surface area (Å²) in [6, 6.07) is 17.1. The Bertz CT molecular complexity index is 1050. The Morgan fingerprint density at radius 1 is 1.11 bits per heavy atom. The Kier molecular flexibility index (Phi) is 4.94. The maximum Gasteiger partial charge on any atom is 0.220 e. The first-order valence-electron chi connectivity index (χ1n) is 8.72. The van der Waals surface area contributed by atoms with Crippen LogP contribution in [0.5, 0.6) is 0 Å². The fraction of sp³-hybridized carbons (Fsp3) is 0.143. The van der Waals surface area contributed by atoms with Gasteiger partial charge in [-0.2, -0.15) is 0 Å². The lowest BCUT2D eigenvalue weighted by Crippen LogP contribution is -2.23. The molecule has 0 aliphatic heterocycles. The zero-order chi connectivity index (χ0) is 18.6. The van der Waals surface area contributed by atoms with Crippen molar-refractivity contribution in [3.63, 3.8) is 0 Å². The highest BCUT2D eigenvalue weighted by Gasteiger charge is 2.15. The number of carbonyl (C=O) groups is 1. The number of halogens is 1. The number of rotatable bonds is 6. The van der Waals surface area contributed by atoms with Crippen LogP contribution in [0.15, 0.2) is 71.5 Å². The number of hydrogen-bond acceptors (Lipinski definition) is 3. The van der Waals surface area contributed by atoms with Crippen LogP contribution in [0.4, 0.5) is 0 Å². The van der Waals surface area contributed by atoms with Crippen LogP contribution >= 0.6 is 11.6 Å². The van der Waals surface area contributed by atoms with Crippen molar-refractivity contribution in [1.82, 2.24) is 14.7 Å². The van der Waals surface area contributed by atoms with Gasteiger partial charge >= 0.3 is 0 Å². The molecule has 3 aromatic heterocycles. The lowest BCUT2D eigenvalue weighted by atomic mass is 10.1. The molecule has 0 aliphatic carbocycles. The van der Waals surface area contributed by atoms with Crippen molar-refractivity contribution in [2.45, 2.75) is 19.4 Å². The Balaban J connectivity index is 1.55. The first-order chi connectivity index (χ1) is 13.2. The van der Waals surface area contributed by atoms with Crippen LogP contribution < -0.4 is 5.32 Å². The molecule has 136 valence electrons. The first kappa shape index (κ1) is 17.4. The Hall–Kier alpha value is -3.05. The van der Waals surface area contributed by atoms with E-state index in [1.54, 1.807) is 12.3 Å². The van der Waals surface area contributed by atoms with E-state index in [2.05, 4.69) is 5.32 Å². The average molecular weight is 380 g/mol. The summed E-state index contributed by atoms with van der Waals surface area (Å²) in [5, 5.41) is 3.56. The maximum atomic E-state index is 12.3. The van der Waals surface area contributed by atoms with Gasteiger partial charge in [-0.05, 0) is 42.8 Å². The standard InChI is InChI=1S/C21H18ClN3O2/c22-16-8-6-15(7-9-16)21-18(25-12-2-1-5-19(25)24-21)10-11-20(26)23-14-17-4-3-13-27-17/h1-9,12-13H,10-11,14H2,(H,23,26). The van der Waals surface area contributed by atoms with Gasteiger partial charge in [0.1, 0.15) is 11.4 Å². The molecule has 0 atom stereocenters. The molecule has 6 heteroatoms. The quantitative estimate of drug-likeness (QED) is 0.536. The molecule has 0 unspecified atom stereocenters. The van der Waals surface area contributed by atoms with Gasteiger partial charge in [0, 0.05) is 23.2 Å². The summed E-state index contributed by atoms with van der Waals surface area (Å²) < 4.78 is 7.27. The lowest BCUT2D eigenvalue weighted by Gasteiger charge is -2.07. The molecule has 0 spiro atoms. The number of fused-ring (bicyclic) bond motifs is 1. The molecule has 0 radical (unpaired) electrons. The summed E-state index contributed by atoms with van der Waals surface area (Å²) in [7, 11) is 0. The SMILES string of the molecule is O=C(CCc1c(-c2ccc(Cl)cc2)nc2ccccn12)NCc1ccco1. The van der Waals surface area contributed by atoms with E-state index in [-0.39, 0.29) is 5.91 Å². The van der Waals surface area contributed by atoms with E-state index in [0.717, 1.165) is 28.4 Å². The van der Waals surface area contributed by atoms with E-state index in [1.807, 2.05) is 59.1 Å². The van der Waals surface area contributed by atoms with Gasteiger partial charge in [0.05, 0.1) is 24.2 Å². The summed E-state index contributed by atoms with van der Waals surface area (Å²) in [6.45, 7) is 0.392. The van der Waals surface area contributed by atoms with Gasteiger partial charge in [-0.25, -0.2) is 4.98 Å². The molecule has 3 heterocycles. The highest BCUT2D eigenvalue weighted by atomic mass is 35.5. The molecule has 1 N–H and O–H groups in total. The highest BCUT2D eigenvalue weighted by Crippen LogP contribution is 2.26. The zero-order valence-electron chi connectivity index (χ0n) is 14.6. The van der Waals surface area contributed by atoms with Gasteiger partial charge < -0.3 is 14.1 Å². The summed E-state index contributed by atoms with van der Waals surface area (Å²) in [5.41, 5.74) is 3.71. The van der Waals surface area contributed by atoms with Crippen molar-refractivity contribution >= 4 is 23.2 Å². The van der Waals surface area contributed by atoms with Crippen molar-refractivity contribution in [2.75, 3.05) is 0 Å². The number of hydrogen-bond donors (Lipinski definition) is 1. The van der Waals surface area contributed by atoms with E-state index < -0.39 is 0 Å². The van der Waals surface area contributed by atoms with Crippen LogP contribution in [0.3, 0.4) is 0 Å². The number of pyridine rings is 1.